The van der Waals surface area contributed by atoms with E-state index in [1.54, 1.807) is 0 Å². The van der Waals surface area contributed by atoms with Gasteiger partial charge in [-0.05, 0) is 78.1 Å². The van der Waals surface area contributed by atoms with Crippen molar-refractivity contribution in [2.24, 2.45) is 0 Å². The lowest BCUT2D eigenvalue weighted by Crippen LogP contribution is -1.96. The Labute approximate surface area is 209 Å². The summed E-state index contributed by atoms with van der Waals surface area (Å²) in [4.78, 5) is 0. The molecule has 1 saturated carbocycles. The van der Waals surface area contributed by atoms with Gasteiger partial charge >= 0.3 is 0 Å². The first kappa shape index (κ1) is 20.2. The molecule has 8 rings (SSSR count). The second kappa shape index (κ2) is 7.48. The predicted octanol–water partition coefficient (Wildman–Crippen LogP) is 10.3. The van der Waals surface area contributed by atoms with Crippen LogP contribution in [0.25, 0.3) is 65.8 Å². The number of hydrogen-bond acceptors (Lipinski definition) is 2. The van der Waals surface area contributed by atoms with Crippen LogP contribution in [0.1, 0.15) is 42.7 Å². The Bertz CT molecular complexity index is 1960. The first-order valence-electron chi connectivity index (χ1n) is 13.1. The first-order chi connectivity index (χ1) is 17.8. The van der Waals surface area contributed by atoms with Gasteiger partial charge in [-0.3, -0.25) is 0 Å². The summed E-state index contributed by atoms with van der Waals surface area (Å²) in [6.45, 7) is 2.18. The van der Waals surface area contributed by atoms with Gasteiger partial charge in [0.2, 0.25) is 0 Å². The second-order valence-corrected chi connectivity index (χ2v) is 10.4. The molecule has 7 aromatic rings. The van der Waals surface area contributed by atoms with Crippen molar-refractivity contribution in [2.45, 2.75) is 38.5 Å². The van der Waals surface area contributed by atoms with E-state index in [2.05, 4.69) is 85.8 Å². The number of para-hydroxylation sites is 2. The van der Waals surface area contributed by atoms with E-state index < -0.39 is 0 Å². The maximum absolute atomic E-state index is 6.59. The average molecular weight is 467 g/mol. The number of aryl methyl sites for hydroxylation is 1. The van der Waals surface area contributed by atoms with Crippen LogP contribution in [0.4, 0.5) is 0 Å². The Kier molecular flexibility index (Phi) is 4.19. The van der Waals surface area contributed by atoms with Crippen LogP contribution in [0.3, 0.4) is 0 Å². The summed E-state index contributed by atoms with van der Waals surface area (Å²) in [7, 11) is 0. The SMILES string of the molecule is Cc1cc(-c2ccc(C3CCCC3)c3c2ccc2c4ccccc4oc23)c2oc3ccccc3c2c1. The molecular weight excluding hydrogens is 440 g/mol. The molecule has 0 bridgehead atoms. The summed E-state index contributed by atoms with van der Waals surface area (Å²) in [5.41, 5.74) is 8.91. The molecule has 2 heteroatoms. The van der Waals surface area contributed by atoms with E-state index in [9.17, 15) is 0 Å². The fourth-order valence-electron chi connectivity index (χ4n) is 6.63. The van der Waals surface area contributed by atoms with Gasteiger partial charge < -0.3 is 8.83 Å². The van der Waals surface area contributed by atoms with Crippen LogP contribution in [-0.4, -0.2) is 0 Å². The van der Waals surface area contributed by atoms with Crippen molar-refractivity contribution in [1.29, 1.82) is 0 Å². The molecule has 0 saturated heterocycles. The molecule has 36 heavy (non-hydrogen) atoms. The lowest BCUT2D eigenvalue weighted by Gasteiger charge is -2.17. The Balaban J connectivity index is 1.51. The van der Waals surface area contributed by atoms with E-state index in [0.717, 1.165) is 27.9 Å². The topological polar surface area (TPSA) is 26.3 Å². The van der Waals surface area contributed by atoms with Crippen LogP contribution in [-0.2, 0) is 0 Å². The minimum absolute atomic E-state index is 0.587. The molecule has 5 aromatic carbocycles. The quantitative estimate of drug-likeness (QED) is 0.253. The van der Waals surface area contributed by atoms with Gasteiger partial charge in [0.05, 0.1) is 0 Å². The van der Waals surface area contributed by atoms with Gasteiger partial charge in [0.15, 0.2) is 0 Å². The summed E-state index contributed by atoms with van der Waals surface area (Å²) in [5, 5.41) is 7.26. The van der Waals surface area contributed by atoms with Crippen molar-refractivity contribution in [3.63, 3.8) is 0 Å². The Morgan fingerprint density at radius 1 is 0.583 bits per heavy atom. The second-order valence-electron chi connectivity index (χ2n) is 10.4. The number of furan rings is 2. The van der Waals surface area contributed by atoms with Crippen LogP contribution in [0.15, 0.2) is 93.8 Å². The van der Waals surface area contributed by atoms with Gasteiger partial charge in [0.1, 0.15) is 22.3 Å². The molecular formula is C34H26O2. The lowest BCUT2D eigenvalue weighted by atomic mass is 9.87. The Morgan fingerprint density at radius 3 is 2.03 bits per heavy atom. The lowest BCUT2D eigenvalue weighted by molar-refractivity contribution is 0.669. The fourth-order valence-corrected chi connectivity index (χ4v) is 6.63. The smallest absolute Gasteiger partial charge is 0.143 e. The molecule has 2 aromatic heterocycles. The monoisotopic (exact) mass is 466 g/mol. The van der Waals surface area contributed by atoms with Crippen LogP contribution in [0.5, 0.6) is 0 Å². The van der Waals surface area contributed by atoms with Crippen molar-refractivity contribution in [1.82, 2.24) is 0 Å². The highest BCUT2D eigenvalue weighted by Crippen LogP contribution is 2.46. The van der Waals surface area contributed by atoms with Crippen molar-refractivity contribution in [3.05, 3.63) is 96.1 Å². The number of fused-ring (bicyclic) bond motifs is 8. The van der Waals surface area contributed by atoms with Gasteiger partial charge in [0.25, 0.3) is 0 Å². The molecule has 2 heterocycles. The molecule has 1 aliphatic rings. The third-order valence-corrected chi connectivity index (χ3v) is 8.26. The van der Waals surface area contributed by atoms with E-state index in [1.165, 1.54) is 74.7 Å². The minimum Gasteiger partial charge on any atom is -0.455 e. The van der Waals surface area contributed by atoms with Crippen LogP contribution in [0.2, 0.25) is 0 Å². The molecule has 2 nitrogen and oxygen atoms in total. The van der Waals surface area contributed by atoms with E-state index in [0.29, 0.717) is 5.92 Å². The zero-order valence-corrected chi connectivity index (χ0v) is 20.3. The van der Waals surface area contributed by atoms with Gasteiger partial charge in [-0.1, -0.05) is 67.4 Å². The third kappa shape index (κ3) is 2.79. The number of rotatable bonds is 2. The highest BCUT2D eigenvalue weighted by molar-refractivity contribution is 6.20. The molecule has 0 amide bonds. The summed E-state index contributed by atoms with van der Waals surface area (Å²) in [6.07, 6.45) is 5.12. The van der Waals surface area contributed by atoms with Crippen molar-refractivity contribution < 1.29 is 8.83 Å². The number of benzene rings is 5. The molecule has 0 N–H and O–H groups in total. The zero-order valence-electron chi connectivity index (χ0n) is 20.3. The summed E-state index contributed by atoms with van der Waals surface area (Å²) in [6, 6.07) is 30.5. The highest BCUT2D eigenvalue weighted by Gasteiger charge is 2.24. The molecule has 1 aliphatic carbocycles. The van der Waals surface area contributed by atoms with Crippen molar-refractivity contribution in [3.8, 4) is 11.1 Å². The summed E-state index contributed by atoms with van der Waals surface area (Å²) >= 11 is 0. The van der Waals surface area contributed by atoms with E-state index >= 15 is 0 Å². The van der Waals surface area contributed by atoms with Gasteiger partial charge in [-0.15, -0.1) is 0 Å². The van der Waals surface area contributed by atoms with Crippen LogP contribution in [0, 0.1) is 6.92 Å². The summed E-state index contributed by atoms with van der Waals surface area (Å²) < 4.78 is 13.1. The normalized spacial score (nSPS) is 14.8. The predicted molar refractivity (Wildman–Crippen MR) is 150 cm³/mol. The van der Waals surface area contributed by atoms with Gasteiger partial charge in [-0.25, -0.2) is 0 Å². The Morgan fingerprint density at radius 2 is 1.25 bits per heavy atom. The Hall–Kier alpha value is -4.04. The molecule has 0 spiro atoms. The minimum atomic E-state index is 0.587. The first-order valence-corrected chi connectivity index (χ1v) is 13.1. The standard InChI is InChI=1S/C34H26O2/c1-20-18-28(33-29(19-20)25-11-5-7-13-31(25)35-33)23-15-14-22(21-8-2-3-9-21)32-26(23)16-17-27-24-10-4-6-12-30(24)36-34(27)32/h4-7,10-19,21H,2-3,8-9H2,1H3. The molecule has 0 atom stereocenters. The van der Waals surface area contributed by atoms with E-state index in [4.69, 9.17) is 8.83 Å². The maximum Gasteiger partial charge on any atom is 0.143 e. The van der Waals surface area contributed by atoms with Crippen LogP contribution >= 0.6 is 0 Å². The third-order valence-electron chi connectivity index (χ3n) is 8.26. The average Bonchev–Trinajstić information content (AvgIpc) is 3.65. The van der Waals surface area contributed by atoms with Gasteiger partial charge in [-0.2, -0.15) is 0 Å². The van der Waals surface area contributed by atoms with E-state index in [1.807, 2.05) is 6.07 Å². The van der Waals surface area contributed by atoms with Crippen molar-refractivity contribution >= 4 is 54.6 Å². The molecule has 174 valence electrons. The molecule has 0 radical (unpaired) electrons. The maximum atomic E-state index is 6.59. The molecule has 0 aliphatic heterocycles. The largest absolute Gasteiger partial charge is 0.455 e. The fraction of sp³-hybridized carbons (Fsp3) is 0.176. The highest BCUT2D eigenvalue weighted by atomic mass is 16.3. The summed E-state index contributed by atoms with van der Waals surface area (Å²) in [5.74, 6) is 0.587. The number of hydrogen-bond donors (Lipinski definition) is 0. The van der Waals surface area contributed by atoms with Gasteiger partial charge in [0, 0.05) is 32.5 Å². The van der Waals surface area contributed by atoms with Crippen LogP contribution < -0.4 is 0 Å². The molecule has 1 fully saturated rings. The molecule has 0 unspecified atom stereocenters. The zero-order chi connectivity index (χ0) is 23.8. The van der Waals surface area contributed by atoms with Crippen molar-refractivity contribution in [2.75, 3.05) is 0 Å². The van der Waals surface area contributed by atoms with E-state index in [-0.39, 0.29) is 0 Å².